The van der Waals surface area contributed by atoms with Crippen molar-refractivity contribution < 1.29 is 14.3 Å². The number of aromatic nitrogens is 2. The number of ether oxygens (including phenoxy) is 2. The summed E-state index contributed by atoms with van der Waals surface area (Å²) in [6.07, 6.45) is 6.99. The Balaban J connectivity index is 1.37. The quantitative estimate of drug-likeness (QED) is 0.487. The molecule has 2 heterocycles. The molecule has 0 radical (unpaired) electrons. The third kappa shape index (κ3) is 5.83. The minimum absolute atomic E-state index is 0.0136. The summed E-state index contributed by atoms with van der Waals surface area (Å²) in [5, 5.41) is 3.77. The van der Waals surface area contributed by atoms with Gasteiger partial charge in [-0.15, -0.1) is 0 Å². The Bertz CT molecular complexity index is 772. The van der Waals surface area contributed by atoms with Crippen molar-refractivity contribution in [2.24, 2.45) is 0 Å². The minimum Gasteiger partial charge on any atom is -0.379 e. The molecule has 0 saturated carbocycles. The highest BCUT2D eigenvalue weighted by Crippen LogP contribution is 2.24. The highest BCUT2D eigenvalue weighted by molar-refractivity contribution is 7.99. The number of aryl methyl sites for hydroxylation is 1. The molecule has 28 heavy (non-hydrogen) atoms. The van der Waals surface area contributed by atoms with E-state index in [0.29, 0.717) is 25.5 Å². The van der Waals surface area contributed by atoms with E-state index in [-0.39, 0.29) is 12.0 Å². The molecule has 1 aromatic carbocycles. The molecule has 152 valence electrons. The van der Waals surface area contributed by atoms with Gasteiger partial charge >= 0.3 is 0 Å². The monoisotopic (exact) mass is 403 g/mol. The van der Waals surface area contributed by atoms with Gasteiger partial charge in [0.2, 0.25) is 5.91 Å². The van der Waals surface area contributed by atoms with Crippen molar-refractivity contribution in [3.63, 3.8) is 0 Å². The molecule has 1 aliphatic heterocycles. The van der Waals surface area contributed by atoms with Crippen LogP contribution in [-0.4, -0.2) is 53.7 Å². The predicted octanol–water partition coefficient (Wildman–Crippen LogP) is 3.28. The van der Waals surface area contributed by atoms with Gasteiger partial charge in [-0.3, -0.25) is 9.36 Å². The van der Waals surface area contributed by atoms with Crippen LogP contribution in [0, 0.1) is 13.8 Å². The zero-order valence-electron chi connectivity index (χ0n) is 16.6. The van der Waals surface area contributed by atoms with Gasteiger partial charge in [-0.1, -0.05) is 23.9 Å². The van der Waals surface area contributed by atoms with Crippen LogP contribution in [0.1, 0.15) is 30.4 Å². The van der Waals surface area contributed by atoms with Crippen molar-refractivity contribution in [2.45, 2.75) is 44.4 Å². The maximum Gasteiger partial charge on any atom is 0.230 e. The summed E-state index contributed by atoms with van der Waals surface area (Å²) < 4.78 is 13.2. The first-order valence-electron chi connectivity index (χ1n) is 9.84. The molecule has 6 nitrogen and oxygen atoms in total. The van der Waals surface area contributed by atoms with Crippen LogP contribution in [0.25, 0.3) is 5.69 Å². The lowest BCUT2D eigenvalue weighted by Crippen LogP contribution is -2.27. The summed E-state index contributed by atoms with van der Waals surface area (Å²) >= 11 is 1.45. The van der Waals surface area contributed by atoms with Crippen LogP contribution in [0.15, 0.2) is 35.7 Å². The molecule has 1 N–H and O–H groups in total. The topological polar surface area (TPSA) is 65.4 Å². The van der Waals surface area contributed by atoms with Gasteiger partial charge in [0.25, 0.3) is 0 Å². The van der Waals surface area contributed by atoms with Crippen LogP contribution in [-0.2, 0) is 14.3 Å². The second-order valence-corrected chi connectivity index (χ2v) is 7.94. The number of carbonyl (C=O) groups is 1. The Morgan fingerprint density at radius 3 is 3.14 bits per heavy atom. The molecule has 0 bridgehead atoms. The molecule has 0 aliphatic carbocycles. The van der Waals surface area contributed by atoms with Gasteiger partial charge in [0.1, 0.15) is 0 Å². The molecule has 3 rings (SSSR count). The summed E-state index contributed by atoms with van der Waals surface area (Å²) in [7, 11) is 0. The average molecular weight is 404 g/mol. The fraction of sp³-hybridized carbons (Fsp3) is 0.524. The predicted molar refractivity (Wildman–Crippen MR) is 111 cm³/mol. The van der Waals surface area contributed by atoms with E-state index in [9.17, 15) is 4.79 Å². The molecule has 1 unspecified atom stereocenters. The van der Waals surface area contributed by atoms with E-state index < -0.39 is 0 Å². The maximum atomic E-state index is 12.1. The average Bonchev–Trinajstić information content (AvgIpc) is 3.37. The van der Waals surface area contributed by atoms with E-state index in [1.165, 1.54) is 22.9 Å². The lowest BCUT2D eigenvalue weighted by Gasteiger charge is -2.12. The number of hydrogen-bond donors (Lipinski definition) is 1. The fourth-order valence-corrected chi connectivity index (χ4v) is 3.95. The van der Waals surface area contributed by atoms with Crippen LogP contribution in [0.2, 0.25) is 0 Å². The van der Waals surface area contributed by atoms with Gasteiger partial charge in [-0.05, 0) is 50.3 Å². The zero-order chi connectivity index (χ0) is 19.8. The minimum atomic E-state index is 0.0136. The Morgan fingerprint density at radius 1 is 1.43 bits per heavy atom. The first-order chi connectivity index (χ1) is 13.6. The summed E-state index contributed by atoms with van der Waals surface area (Å²) in [4.78, 5) is 16.5. The Labute approximate surface area is 171 Å². The molecule has 1 aliphatic rings. The summed E-state index contributed by atoms with van der Waals surface area (Å²) in [5.41, 5.74) is 3.56. The molecule has 1 atom stereocenters. The van der Waals surface area contributed by atoms with Gasteiger partial charge in [-0.2, -0.15) is 0 Å². The molecule has 1 aromatic heterocycles. The first-order valence-corrected chi connectivity index (χ1v) is 10.8. The molecule has 7 heteroatoms. The van der Waals surface area contributed by atoms with Gasteiger partial charge in [0, 0.05) is 32.2 Å². The van der Waals surface area contributed by atoms with Crippen molar-refractivity contribution in [3.05, 3.63) is 41.7 Å². The Kier molecular flexibility index (Phi) is 7.94. The standard InChI is InChI=1S/C21H29N3O3S/c1-16-6-3-8-19(17(16)2)24-11-10-23-21(24)28-15-20(25)22-9-5-12-26-14-18-7-4-13-27-18/h3,6,8,10-11,18H,4-5,7,9,12-15H2,1-2H3,(H,22,25). The molecule has 2 aromatic rings. The SMILES string of the molecule is Cc1cccc(-n2ccnc2SCC(=O)NCCCOCC2CCCO2)c1C. The van der Waals surface area contributed by atoms with Crippen LogP contribution in [0.4, 0.5) is 0 Å². The number of nitrogens with one attached hydrogen (secondary N) is 1. The summed E-state index contributed by atoms with van der Waals surface area (Å²) in [6.45, 7) is 6.97. The van der Waals surface area contributed by atoms with Gasteiger partial charge in [-0.25, -0.2) is 4.98 Å². The van der Waals surface area contributed by atoms with Gasteiger partial charge in [0.05, 0.1) is 24.2 Å². The number of benzene rings is 1. The molecule has 1 fully saturated rings. The molecule has 1 amide bonds. The Morgan fingerprint density at radius 2 is 2.32 bits per heavy atom. The van der Waals surface area contributed by atoms with Crippen molar-refractivity contribution in [1.82, 2.24) is 14.9 Å². The van der Waals surface area contributed by atoms with Crippen molar-refractivity contribution in [1.29, 1.82) is 0 Å². The van der Waals surface area contributed by atoms with E-state index in [1.807, 2.05) is 16.8 Å². The van der Waals surface area contributed by atoms with Gasteiger partial charge in [0.15, 0.2) is 5.16 Å². The maximum absolute atomic E-state index is 12.1. The van der Waals surface area contributed by atoms with E-state index in [0.717, 1.165) is 36.7 Å². The third-order valence-electron chi connectivity index (χ3n) is 4.89. The lowest BCUT2D eigenvalue weighted by molar-refractivity contribution is -0.118. The number of hydrogen-bond acceptors (Lipinski definition) is 5. The van der Waals surface area contributed by atoms with Crippen LogP contribution in [0.3, 0.4) is 0 Å². The Hall–Kier alpha value is -1.83. The first kappa shape index (κ1) is 20.9. The van der Waals surface area contributed by atoms with Crippen LogP contribution >= 0.6 is 11.8 Å². The third-order valence-corrected chi connectivity index (χ3v) is 5.86. The number of carbonyl (C=O) groups excluding carboxylic acids is 1. The van der Waals surface area contributed by atoms with Gasteiger partial charge < -0.3 is 14.8 Å². The molecular weight excluding hydrogens is 374 g/mol. The van der Waals surface area contributed by atoms with Crippen molar-refractivity contribution >= 4 is 17.7 Å². The highest BCUT2D eigenvalue weighted by atomic mass is 32.2. The molecule has 0 spiro atoms. The number of nitrogens with zero attached hydrogens (tertiary/aromatic N) is 2. The molecular formula is C21H29N3O3S. The van der Waals surface area contributed by atoms with Crippen molar-refractivity contribution in [2.75, 3.05) is 32.1 Å². The zero-order valence-corrected chi connectivity index (χ0v) is 17.5. The lowest BCUT2D eigenvalue weighted by atomic mass is 10.1. The number of amides is 1. The summed E-state index contributed by atoms with van der Waals surface area (Å²) in [6, 6.07) is 6.21. The van der Waals surface area contributed by atoms with Crippen molar-refractivity contribution in [3.8, 4) is 5.69 Å². The van der Waals surface area contributed by atoms with E-state index in [4.69, 9.17) is 9.47 Å². The number of thioether (sulfide) groups is 1. The fourth-order valence-electron chi connectivity index (χ4n) is 3.15. The normalized spacial score (nSPS) is 16.4. The van der Waals surface area contributed by atoms with E-state index in [1.54, 1.807) is 6.20 Å². The smallest absolute Gasteiger partial charge is 0.230 e. The second-order valence-electron chi connectivity index (χ2n) is 7.00. The van der Waals surface area contributed by atoms with Crippen LogP contribution in [0.5, 0.6) is 0 Å². The van der Waals surface area contributed by atoms with E-state index in [2.05, 4.69) is 36.3 Å². The largest absolute Gasteiger partial charge is 0.379 e. The summed E-state index contributed by atoms with van der Waals surface area (Å²) in [5.74, 6) is 0.359. The number of imidazole rings is 1. The highest BCUT2D eigenvalue weighted by Gasteiger charge is 2.15. The number of rotatable bonds is 10. The van der Waals surface area contributed by atoms with Crippen LogP contribution < -0.4 is 5.32 Å². The molecule has 1 saturated heterocycles. The van der Waals surface area contributed by atoms with E-state index >= 15 is 0 Å². The second kappa shape index (κ2) is 10.6.